The van der Waals surface area contributed by atoms with Crippen LogP contribution in [-0.2, 0) is 0 Å². The quantitative estimate of drug-likeness (QED) is 0.756. The van der Waals surface area contributed by atoms with Crippen molar-refractivity contribution in [1.29, 1.82) is 0 Å². The van der Waals surface area contributed by atoms with Gasteiger partial charge in [0.1, 0.15) is 11.5 Å². The molecule has 1 atom stereocenters. The van der Waals surface area contributed by atoms with Crippen LogP contribution in [-0.4, -0.2) is 13.2 Å². The zero-order valence-electron chi connectivity index (χ0n) is 9.42. The third-order valence-corrected chi connectivity index (χ3v) is 2.51. The summed E-state index contributed by atoms with van der Waals surface area (Å²) in [6.45, 7) is 7.41. The molecule has 0 fully saturated rings. The highest BCUT2D eigenvalue weighted by molar-refractivity contribution is 9.09. The summed E-state index contributed by atoms with van der Waals surface area (Å²) in [6, 6.07) is 5.92. The Hall–Kier alpha value is -0.700. The SMILES string of the molecule is CCOc1ccc(OCC)c(C(C)Br)c1. The average molecular weight is 273 g/mol. The molecule has 1 aromatic rings. The van der Waals surface area contributed by atoms with Crippen LogP contribution in [0, 0.1) is 0 Å². The van der Waals surface area contributed by atoms with E-state index < -0.39 is 0 Å². The van der Waals surface area contributed by atoms with Gasteiger partial charge in [-0.15, -0.1) is 0 Å². The standard InChI is InChI=1S/C12H17BrO2/c1-4-14-10-6-7-12(15-5-2)11(8-10)9(3)13/h6-9H,4-5H2,1-3H3. The van der Waals surface area contributed by atoms with Gasteiger partial charge in [0.05, 0.1) is 13.2 Å². The van der Waals surface area contributed by atoms with Crippen LogP contribution in [0.4, 0.5) is 0 Å². The summed E-state index contributed by atoms with van der Waals surface area (Å²) >= 11 is 3.55. The second-order valence-electron chi connectivity index (χ2n) is 3.18. The predicted molar refractivity (Wildman–Crippen MR) is 66.1 cm³/mol. The van der Waals surface area contributed by atoms with Crippen LogP contribution in [0.3, 0.4) is 0 Å². The largest absolute Gasteiger partial charge is 0.494 e. The van der Waals surface area contributed by atoms with Gasteiger partial charge in [0, 0.05) is 10.4 Å². The van der Waals surface area contributed by atoms with E-state index in [0.29, 0.717) is 13.2 Å². The van der Waals surface area contributed by atoms with E-state index in [1.807, 2.05) is 32.0 Å². The minimum Gasteiger partial charge on any atom is -0.494 e. The van der Waals surface area contributed by atoms with Gasteiger partial charge in [-0.2, -0.15) is 0 Å². The third-order valence-electron chi connectivity index (χ3n) is 2.02. The smallest absolute Gasteiger partial charge is 0.123 e. The van der Waals surface area contributed by atoms with Gasteiger partial charge in [-0.05, 0) is 39.0 Å². The third kappa shape index (κ3) is 3.42. The number of rotatable bonds is 5. The molecule has 1 unspecified atom stereocenters. The topological polar surface area (TPSA) is 18.5 Å². The van der Waals surface area contributed by atoms with Crippen LogP contribution >= 0.6 is 15.9 Å². The molecule has 0 saturated carbocycles. The molecule has 1 aromatic carbocycles. The molecule has 0 aromatic heterocycles. The first-order valence-electron chi connectivity index (χ1n) is 5.22. The van der Waals surface area contributed by atoms with Gasteiger partial charge in [0.25, 0.3) is 0 Å². The fraction of sp³-hybridized carbons (Fsp3) is 0.500. The second kappa shape index (κ2) is 6.01. The number of hydrogen-bond acceptors (Lipinski definition) is 2. The number of halogens is 1. The summed E-state index contributed by atoms with van der Waals surface area (Å²) in [5, 5.41) is 0. The van der Waals surface area contributed by atoms with E-state index in [2.05, 4.69) is 22.9 Å². The van der Waals surface area contributed by atoms with Crippen molar-refractivity contribution < 1.29 is 9.47 Å². The molecule has 15 heavy (non-hydrogen) atoms. The van der Waals surface area contributed by atoms with Crippen molar-refractivity contribution in [3.8, 4) is 11.5 Å². The molecule has 0 amide bonds. The molecule has 2 nitrogen and oxygen atoms in total. The van der Waals surface area contributed by atoms with Gasteiger partial charge in [0.15, 0.2) is 0 Å². The van der Waals surface area contributed by atoms with Crippen LogP contribution < -0.4 is 9.47 Å². The van der Waals surface area contributed by atoms with Crippen molar-refractivity contribution in [3.05, 3.63) is 23.8 Å². The molecule has 0 saturated heterocycles. The van der Waals surface area contributed by atoms with Crippen LogP contribution in [0.2, 0.25) is 0 Å². The van der Waals surface area contributed by atoms with Crippen molar-refractivity contribution >= 4 is 15.9 Å². The van der Waals surface area contributed by atoms with E-state index in [0.717, 1.165) is 17.1 Å². The Kier molecular flexibility index (Phi) is 4.95. The summed E-state index contributed by atoms with van der Waals surface area (Å²) in [7, 11) is 0. The second-order valence-corrected chi connectivity index (χ2v) is 4.56. The van der Waals surface area contributed by atoms with Gasteiger partial charge in [-0.25, -0.2) is 0 Å². The molecule has 84 valence electrons. The van der Waals surface area contributed by atoms with Gasteiger partial charge in [0.2, 0.25) is 0 Å². The van der Waals surface area contributed by atoms with Gasteiger partial charge < -0.3 is 9.47 Å². The average Bonchev–Trinajstić information content (AvgIpc) is 2.21. The Labute approximate surface area is 99.7 Å². The fourth-order valence-electron chi connectivity index (χ4n) is 1.38. The molecule has 0 aliphatic carbocycles. The molecule has 3 heteroatoms. The summed E-state index contributed by atoms with van der Waals surface area (Å²) < 4.78 is 11.0. The molecule has 0 heterocycles. The highest BCUT2D eigenvalue weighted by Crippen LogP contribution is 2.33. The Morgan fingerprint density at radius 2 is 1.87 bits per heavy atom. The monoisotopic (exact) mass is 272 g/mol. The minimum atomic E-state index is 0.263. The van der Waals surface area contributed by atoms with E-state index in [9.17, 15) is 0 Å². The first kappa shape index (κ1) is 12.4. The molecule has 0 bridgehead atoms. The first-order chi connectivity index (χ1) is 7.19. The lowest BCUT2D eigenvalue weighted by molar-refractivity contribution is 0.327. The van der Waals surface area contributed by atoms with Gasteiger partial charge in [-0.3, -0.25) is 0 Å². The Morgan fingerprint density at radius 1 is 1.20 bits per heavy atom. The zero-order chi connectivity index (χ0) is 11.3. The van der Waals surface area contributed by atoms with Gasteiger partial charge in [-0.1, -0.05) is 15.9 Å². The summed E-state index contributed by atoms with van der Waals surface area (Å²) in [4.78, 5) is 0.263. The molecule has 0 spiro atoms. The molecule has 0 aliphatic rings. The lowest BCUT2D eigenvalue weighted by Gasteiger charge is -2.13. The molecule has 0 aliphatic heterocycles. The van der Waals surface area contributed by atoms with E-state index in [1.165, 1.54) is 0 Å². The molecule has 0 N–H and O–H groups in total. The van der Waals surface area contributed by atoms with E-state index >= 15 is 0 Å². The number of alkyl halides is 1. The summed E-state index contributed by atoms with van der Waals surface area (Å²) in [5.41, 5.74) is 1.13. The van der Waals surface area contributed by atoms with Crippen molar-refractivity contribution in [1.82, 2.24) is 0 Å². The maximum absolute atomic E-state index is 5.55. The Morgan fingerprint density at radius 3 is 2.40 bits per heavy atom. The summed E-state index contributed by atoms with van der Waals surface area (Å²) in [5.74, 6) is 1.81. The Balaban J connectivity index is 2.97. The number of benzene rings is 1. The lowest BCUT2D eigenvalue weighted by atomic mass is 10.1. The molecular weight excluding hydrogens is 256 g/mol. The van der Waals surface area contributed by atoms with Crippen LogP contribution in [0.15, 0.2) is 18.2 Å². The maximum Gasteiger partial charge on any atom is 0.123 e. The number of ether oxygens (including phenoxy) is 2. The highest BCUT2D eigenvalue weighted by atomic mass is 79.9. The number of hydrogen-bond donors (Lipinski definition) is 0. The Bertz CT molecular complexity index is 310. The minimum absolute atomic E-state index is 0.263. The van der Waals surface area contributed by atoms with Crippen molar-refractivity contribution in [2.75, 3.05) is 13.2 Å². The molecular formula is C12H17BrO2. The van der Waals surface area contributed by atoms with Crippen LogP contribution in [0.1, 0.15) is 31.2 Å². The first-order valence-corrected chi connectivity index (χ1v) is 6.14. The lowest BCUT2D eigenvalue weighted by Crippen LogP contribution is -1.99. The van der Waals surface area contributed by atoms with Crippen molar-refractivity contribution in [3.63, 3.8) is 0 Å². The van der Waals surface area contributed by atoms with Crippen molar-refractivity contribution in [2.24, 2.45) is 0 Å². The molecule has 0 radical (unpaired) electrons. The summed E-state index contributed by atoms with van der Waals surface area (Å²) in [6.07, 6.45) is 0. The highest BCUT2D eigenvalue weighted by Gasteiger charge is 2.10. The van der Waals surface area contributed by atoms with E-state index in [4.69, 9.17) is 9.47 Å². The zero-order valence-corrected chi connectivity index (χ0v) is 11.0. The van der Waals surface area contributed by atoms with Crippen LogP contribution in [0.5, 0.6) is 11.5 Å². The maximum atomic E-state index is 5.55. The fourth-order valence-corrected chi connectivity index (χ4v) is 1.74. The predicted octanol–water partition coefficient (Wildman–Crippen LogP) is 3.94. The van der Waals surface area contributed by atoms with Gasteiger partial charge >= 0.3 is 0 Å². The molecule has 1 rings (SSSR count). The normalized spacial score (nSPS) is 12.3. The van der Waals surface area contributed by atoms with E-state index in [1.54, 1.807) is 0 Å². The van der Waals surface area contributed by atoms with Crippen LogP contribution in [0.25, 0.3) is 0 Å². The van der Waals surface area contributed by atoms with Crippen molar-refractivity contribution in [2.45, 2.75) is 25.6 Å². The van der Waals surface area contributed by atoms with E-state index in [-0.39, 0.29) is 4.83 Å².